The monoisotopic (exact) mass is 263 g/mol. The minimum absolute atomic E-state index is 0.0546. The lowest BCUT2D eigenvalue weighted by Gasteiger charge is -2.26. The van der Waals surface area contributed by atoms with Crippen molar-refractivity contribution in [3.05, 3.63) is 28.8 Å². The van der Waals surface area contributed by atoms with Crippen LogP contribution in [0.5, 0.6) is 5.75 Å². The van der Waals surface area contributed by atoms with Gasteiger partial charge in [0.05, 0.1) is 11.7 Å². The molecule has 4 nitrogen and oxygen atoms in total. The summed E-state index contributed by atoms with van der Waals surface area (Å²) in [5, 5.41) is 22.3. The average molecular weight is 263 g/mol. The summed E-state index contributed by atoms with van der Waals surface area (Å²) >= 11 is 0. The van der Waals surface area contributed by atoms with Crippen molar-refractivity contribution in [1.82, 2.24) is 5.32 Å². The molecule has 0 heterocycles. The molecule has 1 aliphatic rings. The third-order valence-corrected chi connectivity index (χ3v) is 3.72. The molecule has 0 unspecified atom stereocenters. The highest BCUT2D eigenvalue weighted by atomic mass is 16.3. The van der Waals surface area contributed by atoms with Crippen molar-refractivity contribution in [3.8, 4) is 5.75 Å². The summed E-state index contributed by atoms with van der Waals surface area (Å²) in [5.41, 5.74) is 2.01. The second-order valence-electron chi connectivity index (χ2n) is 5.46. The molecule has 0 bridgehead atoms. The van der Waals surface area contributed by atoms with Crippen LogP contribution in [0.1, 0.15) is 47.2 Å². The molecular formula is C15H21NO3. The molecule has 0 aromatic heterocycles. The summed E-state index contributed by atoms with van der Waals surface area (Å²) in [7, 11) is 0. The Bertz CT molecular complexity index is 477. The van der Waals surface area contributed by atoms with Crippen molar-refractivity contribution in [2.24, 2.45) is 0 Å². The number of phenols is 1. The van der Waals surface area contributed by atoms with Gasteiger partial charge in [0, 0.05) is 6.04 Å². The number of carbonyl (C=O) groups excluding carboxylic acids is 1. The van der Waals surface area contributed by atoms with Gasteiger partial charge in [-0.15, -0.1) is 0 Å². The van der Waals surface area contributed by atoms with Gasteiger partial charge >= 0.3 is 0 Å². The maximum Gasteiger partial charge on any atom is 0.255 e. The number of hydrogen-bond donors (Lipinski definition) is 3. The molecule has 1 aromatic rings. The first-order valence-corrected chi connectivity index (χ1v) is 6.76. The summed E-state index contributed by atoms with van der Waals surface area (Å²) in [4.78, 5) is 12.2. The fraction of sp³-hybridized carbons (Fsp3) is 0.533. The lowest BCUT2D eigenvalue weighted by Crippen LogP contribution is -2.38. The molecule has 3 N–H and O–H groups in total. The van der Waals surface area contributed by atoms with Gasteiger partial charge in [0.25, 0.3) is 5.91 Å². The summed E-state index contributed by atoms with van der Waals surface area (Å²) in [6.07, 6.45) is 2.80. The third kappa shape index (κ3) is 3.26. The molecular weight excluding hydrogens is 242 g/mol. The molecule has 1 aliphatic carbocycles. The van der Waals surface area contributed by atoms with E-state index in [4.69, 9.17) is 0 Å². The average Bonchev–Trinajstić information content (AvgIpc) is 2.36. The van der Waals surface area contributed by atoms with Crippen LogP contribution >= 0.6 is 0 Å². The Morgan fingerprint density at radius 2 is 1.84 bits per heavy atom. The minimum Gasteiger partial charge on any atom is -0.507 e. The zero-order valence-electron chi connectivity index (χ0n) is 11.4. The molecule has 0 radical (unpaired) electrons. The molecule has 0 saturated heterocycles. The maximum atomic E-state index is 12.2. The Hall–Kier alpha value is -1.55. The molecule has 1 amide bonds. The predicted molar refractivity (Wildman–Crippen MR) is 73.3 cm³/mol. The van der Waals surface area contributed by atoms with Crippen molar-refractivity contribution in [2.45, 2.75) is 51.7 Å². The van der Waals surface area contributed by atoms with Crippen LogP contribution in [0.25, 0.3) is 0 Å². The van der Waals surface area contributed by atoms with E-state index in [1.165, 1.54) is 0 Å². The summed E-state index contributed by atoms with van der Waals surface area (Å²) in [6, 6.07) is 3.65. The SMILES string of the molecule is Cc1cc(C)c(O)c(C(=O)NC2CCC(O)CC2)c1. The van der Waals surface area contributed by atoms with E-state index in [1.807, 2.05) is 13.0 Å². The second-order valence-corrected chi connectivity index (χ2v) is 5.46. The van der Waals surface area contributed by atoms with E-state index < -0.39 is 0 Å². The lowest BCUT2D eigenvalue weighted by molar-refractivity contribution is 0.0865. The zero-order chi connectivity index (χ0) is 14.0. The Morgan fingerprint density at radius 1 is 1.21 bits per heavy atom. The van der Waals surface area contributed by atoms with Crippen LogP contribution in [-0.2, 0) is 0 Å². The van der Waals surface area contributed by atoms with Gasteiger partial charge < -0.3 is 15.5 Å². The lowest BCUT2D eigenvalue weighted by atomic mass is 9.93. The summed E-state index contributed by atoms with van der Waals surface area (Å²) < 4.78 is 0. The number of aryl methyl sites for hydroxylation is 2. The smallest absolute Gasteiger partial charge is 0.255 e. The van der Waals surface area contributed by atoms with E-state index in [-0.39, 0.29) is 23.8 Å². The van der Waals surface area contributed by atoms with Gasteiger partial charge in [-0.1, -0.05) is 6.07 Å². The molecule has 104 valence electrons. The number of carbonyl (C=O) groups is 1. The fourth-order valence-corrected chi connectivity index (χ4v) is 2.62. The number of benzene rings is 1. The van der Waals surface area contributed by atoms with E-state index in [2.05, 4.69) is 5.32 Å². The molecule has 4 heteroatoms. The molecule has 1 saturated carbocycles. The third-order valence-electron chi connectivity index (χ3n) is 3.72. The van der Waals surface area contributed by atoms with Crippen LogP contribution < -0.4 is 5.32 Å². The largest absolute Gasteiger partial charge is 0.507 e. The van der Waals surface area contributed by atoms with Crippen molar-refractivity contribution >= 4 is 5.91 Å². The Balaban J connectivity index is 2.08. The maximum absolute atomic E-state index is 12.2. The number of aliphatic hydroxyl groups excluding tert-OH is 1. The number of aliphatic hydroxyl groups is 1. The molecule has 2 rings (SSSR count). The normalized spacial score (nSPS) is 23.1. The fourth-order valence-electron chi connectivity index (χ4n) is 2.62. The number of phenolic OH excluding ortho intramolecular Hbond substituents is 1. The topological polar surface area (TPSA) is 69.6 Å². The van der Waals surface area contributed by atoms with Crippen molar-refractivity contribution < 1.29 is 15.0 Å². The van der Waals surface area contributed by atoms with Crippen molar-refractivity contribution in [1.29, 1.82) is 0 Å². The first kappa shape index (κ1) is 13.9. The van der Waals surface area contributed by atoms with Crippen LogP contribution in [0.15, 0.2) is 12.1 Å². The highest BCUT2D eigenvalue weighted by Gasteiger charge is 2.22. The van der Waals surface area contributed by atoms with E-state index in [0.29, 0.717) is 11.1 Å². The van der Waals surface area contributed by atoms with Crippen molar-refractivity contribution in [3.63, 3.8) is 0 Å². The van der Waals surface area contributed by atoms with Gasteiger partial charge in [-0.05, 0) is 56.7 Å². The summed E-state index contributed by atoms with van der Waals surface area (Å²) in [5.74, 6) is -0.176. The first-order valence-electron chi connectivity index (χ1n) is 6.76. The zero-order valence-corrected chi connectivity index (χ0v) is 11.4. The predicted octanol–water partition coefficient (Wildman–Crippen LogP) is 2.04. The van der Waals surface area contributed by atoms with Crippen LogP contribution in [0, 0.1) is 13.8 Å². The Morgan fingerprint density at radius 3 is 2.47 bits per heavy atom. The second kappa shape index (κ2) is 5.61. The van der Waals surface area contributed by atoms with Gasteiger partial charge in [-0.25, -0.2) is 0 Å². The molecule has 0 spiro atoms. The van der Waals surface area contributed by atoms with Crippen molar-refractivity contribution in [2.75, 3.05) is 0 Å². The van der Waals surface area contributed by atoms with Crippen LogP contribution in [-0.4, -0.2) is 28.3 Å². The number of nitrogens with one attached hydrogen (secondary N) is 1. The van der Waals surface area contributed by atoms with Gasteiger partial charge in [0.15, 0.2) is 0 Å². The van der Waals surface area contributed by atoms with E-state index in [9.17, 15) is 15.0 Å². The number of rotatable bonds is 2. The highest BCUT2D eigenvalue weighted by molar-refractivity contribution is 5.97. The summed E-state index contributed by atoms with van der Waals surface area (Å²) in [6.45, 7) is 3.69. The quantitative estimate of drug-likeness (QED) is 0.764. The van der Waals surface area contributed by atoms with Gasteiger partial charge in [-0.3, -0.25) is 4.79 Å². The number of hydrogen-bond acceptors (Lipinski definition) is 3. The Kier molecular flexibility index (Phi) is 4.10. The standard InChI is InChI=1S/C15H21NO3/c1-9-7-10(2)14(18)13(8-9)15(19)16-11-3-5-12(17)6-4-11/h7-8,11-12,17-18H,3-6H2,1-2H3,(H,16,19). The van der Waals surface area contributed by atoms with Gasteiger partial charge in [0.1, 0.15) is 5.75 Å². The molecule has 1 aromatic carbocycles. The molecule has 0 atom stereocenters. The minimum atomic E-state index is -0.234. The van der Waals surface area contributed by atoms with Crippen LogP contribution in [0.4, 0.5) is 0 Å². The molecule has 1 fully saturated rings. The number of amides is 1. The van der Waals surface area contributed by atoms with Gasteiger partial charge in [0.2, 0.25) is 0 Å². The molecule has 0 aliphatic heterocycles. The number of aromatic hydroxyl groups is 1. The van der Waals surface area contributed by atoms with E-state index in [0.717, 1.165) is 31.2 Å². The molecule has 19 heavy (non-hydrogen) atoms. The first-order chi connectivity index (χ1) is 8.97. The highest BCUT2D eigenvalue weighted by Crippen LogP contribution is 2.25. The van der Waals surface area contributed by atoms with E-state index in [1.54, 1.807) is 13.0 Å². The van der Waals surface area contributed by atoms with E-state index >= 15 is 0 Å². The van der Waals surface area contributed by atoms with Gasteiger partial charge in [-0.2, -0.15) is 0 Å². The Labute approximate surface area is 113 Å². The van der Waals surface area contributed by atoms with Crippen LogP contribution in [0.3, 0.4) is 0 Å². The van der Waals surface area contributed by atoms with Crippen LogP contribution in [0.2, 0.25) is 0 Å².